The van der Waals surface area contributed by atoms with E-state index in [1.807, 2.05) is 36.4 Å². The molecule has 0 aliphatic carbocycles. The van der Waals surface area contributed by atoms with E-state index in [2.05, 4.69) is 174 Å². The van der Waals surface area contributed by atoms with Gasteiger partial charge in [-0.25, -0.2) is 0 Å². The monoisotopic (exact) mass is 906 g/mol. The molecule has 0 saturated heterocycles. The Hall–Kier alpha value is -8.00. The molecule has 14 rings (SSSR count). The summed E-state index contributed by atoms with van der Waals surface area (Å²) < 4.78 is 48.6. The molecule has 2 heterocycles. The molecule has 0 aliphatic heterocycles. The molecule has 0 saturated carbocycles. The van der Waals surface area contributed by atoms with Crippen molar-refractivity contribution < 1.29 is 6.85 Å². The van der Waals surface area contributed by atoms with Gasteiger partial charge >= 0.3 is 337 Å². The maximum atomic E-state index is 9.04. The standard InChI is InChI=1S/C64H39NSe/c1-2-18-40(19-3-1)60-51-28-8-10-30-53(51)63(54-31-11-9-29-52(54)60)56-33-17-32-55-46-37-36-42(39-59(46)66-64(55)56)62-49-26-6-4-24-47(49)61(48-25-5-7-27-50(48)62)41-20-16-21-43(38-41)65-57-34-14-12-22-44(57)45-23-13-15-35-58(45)65/h1-39H/i1D,2D,3D,18D,19D. The molecule has 0 amide bonds. The Bertz CT molecular complexity index is 4410. The summed E-state index contributed by atoms with van der Waals surface area (Å²) in [6.45, 7) is 0. The third-order valence-electron chi connectivity index (χ3n) is 13.6. The minimum atomic E-state index is -0.394. The van der Waals surface area contributed by atoms with Crippen LogP contribution in [0, 0.1) is 0 Å². The van der Waals surface area contributed by atoms with Crippen LogP contribution in [0.1, 0.15) is 6.85 Å². The van der Waals surface area contributed by atoms with Crippen LogP contribution in [-0.2, 0) is 0 Å². The molecule has 0 spiro atoms. The van der Waals surface area contributed by atoms with E-state index >= 15 is 0 Å². The van der Waals surface area contributed by atoms with Crippen LogP contribution >= 0.6 is 0 Å². The fraction of sp³-hybridized carbons (Fsp3) is 0. The second kappa shape index (κ2) is 14.8. The van der Waals surface area contributed by atoms with Crippen molar-refractivity contribution in [2.24, 2.45) is 0 Å². The van der Waals surface area contributed by atoms with Crippen molar-refractivity contribution in [3.63, 3.8) is 0 Å². The Labute approximate surface area is 394 Å². The van der Waals surface area contributed by atoms with Crippen LogP contribution in [0.5, 0.6) is 0 Å². The summed E-state index contributed by atoms with van der Waals surface area (Å²) in [6.07, 6.45) is 0. The number of aromatic nitrogens is 1. The zero-order valence-electron chi connectivity index (χ0n) is 40.5. The summed E-state index contributed by atoms with van der Waals surface area (Å²) in [5, 5.41) is 13.5. The molecule has 0 aliphatic rings. The van der Waals surface area contributed by atoms with Gasteiger partial charge in [0.25, 0.3) is 0 Å². The van der Waals surface area contributed by atoms with Crippen LogP contribution < -0.4 is 0 Å². The zero-order chi connectivity index (χ0) is 47.6. The second-order valence-corrected chi connectivity index (χ2v) is 19.3. The first-order valence-electron chi connectivity index (χ1n) is 24.8. The van der Waals surface area contributed by atoms with E-state index in [9.17, 15) is 0 Å². The van der Waals surface area contributed by atoms with Gasteiger partial charge in [0, 0.05) is 10.8 Å². The van der Waals surface area contributed by atoms with E-state index in [4.69, 9.17) is 6.85 Å². The fourth-order valence-electron chi connectivity index (χ4n) is 11.0. The molecule has 2 aromatic heterocycles. The van der Waals surface area contributed by atoms with Crippen molar-refractivity contribution in [3.8, 4) is 50.2 Å². The fourth-order valence-corrected chi connectivity index (χ4v) is 13.6. The van der Waals surface area contributed by atoms with Crippen LogP contribution in [0.4, 0.5) is 0 Å². The van der Waals surface area contributed by atoms with Gasteiger partial charge in [-0.3, -0.25) is 0 Å². The van der Waals surface area contributed by atoms with Crippen LogP contribution in [0.15, 0.2) is 236 Å². The van der Waals surface area contributed by atoms with Gasteiger partial charge in [-0.05, 0) is 12.1 Å². The number of hydrogen-bond donors (Lipinski definition) is 0. The van der Waals surface area contributed by atoms with Crippen LogP contribution in [0.2, 0.25) is 0 Å². The molecule has 0 fully saturated rings. The molecule has 306 valence electrons. The number of fused-ring (bicyclic) bond motifs is 10. The molecule has 0 N–H and O–H groups in total. The van der Waals surface area contributed by atoms with E-state index in [0.29, 0.717) is 5.56 Å². The Balaban J connectivity index is 0.966. The molecule has 0 atom stereocenters. The molecular formula is C64H39NSe. The Morgan fingerprint density at radius 3 is 1.30 bits per heavy atom. The van der Waals surface area contributed by atoms with Crippen molar-refractivity contribution in [1.29, 1.82) is 0 Å². The summed E-state index contributed by atoms with van der Waals surface area (Å²) in [5.74, 6) is 0. The average molecular weight is 906 g/mol. The molecular weight excluding hydrogens is 862 g/mol. The second-order valence-electron chi connectivity index (χ2n) is 17.1. The first-order chi connectivity index (χ1) is 34.9. The summed E-state index contributed by atoms with van der Waals surface area (Å²) >= 11 is -0.0517. The Morgan fingerprint density at radius 1 is 0.318 bits per heavy atom. The molecule has 12 aromatic carbocycles. The van der Waals surface area contributed by atoms with Gasteiger partial charge in [0.2, 0.25) is 0 Å². The average Bonchev–Trinajstić information content (AvgIpc) is 3.97. The number of hydrogen-bond acceptors (Lipinski definition) is 0. The van der Waals surface area contributed by atoms with Crippen LogP contribution in [0.3, 0.4) is 0 Å². The van der Waals surface area contributed by atoms with Gasteiger partial charge in [-0.15, -0.1) is 0 Å². The van der Waals surface area contributed by atoms with Gasteiger partial charge in [-0.1, -0.05) is 36.4 Å². The van der Waals surface area contributed by atoms with E-state index in [1.54, 1.807) is 0 Å². The molecule has 2 heteroatoms. The van der Waals surface area contributed by atoms with Crippen molar-refractivity contribution in [2.75, 3.05) is 0 Å². The summed E-state index contributed by atoms with van der Waals surface area (Å²) in [4.78, 5) is 0. The van der Waals surface area contributed by atoms with E-state index < -0.39 is 6.04 Å². The normalized spacial score (nSPS) is 13.0. The Morgan fingerprint density at radius 2 is 0.758 bits per heavy atom. The van der Waals surface area contributed by atoms with Gasteiger partial charge < -0.3 is 0 Å². The van der Waals surface area contributed by atoms with Gasteiger partial charge in [-0.2, -0.15) is 0 Å². The van der Waals surface area contributed by atoms with Crippen molar-refractivity contribution in [3.05, 3.63) is 236 Å². The predicted octanol–water partition coefficient (Wildman–Crippen LogP) is 17.4. The number of rotatable bonds is 5. The SMILES string of the molecule is [2H]c1c([2H])c([2H])c(-c2c3ccccc3c(-c3cccc4c3[se]c3cc(-c5c6ccccc6c(-c6cccc(-n7c8ccccc8c8ccccc87)c6)c6ccccc56)ccc34)c3ccccc23)c([2H])c1[2H]. The van der Waals surface area contributed by atoms with E-state index in [-0.39, 0.29) is 44.2 Å². The first-order valence-corrected chi connectivity index (χ1v) is 24.1. The Kier molecular flexibility index (Phi) is 7.30. The van der Waals surface area contributed by atoms with Crippen molar-refractivity contribution in [2.45, 2.75) is 0 Å². The van der Waals surface area contributed by atoms with Gasteiger partial charge in [0.05, 0.1) is 0 Å². The molecule has 14 aromatic rings. The van der Waals surface area contributed by atoms with E-state index in [0.717, 1.165) is 38.4 Å². The van der Waals surface area contributed by atoms with Crippen LogP contribution in [0.25, 0.3) is 134 Å². The number of nitrogens with zero attached hydrogens (tertiary/aromatic N) is 1. The zero-order valence-corrected chi connectivity index (χ0v) is 37.2. The molecule has 0 radical (unpaired) electrons. The molecule has 0 bridgehead atoms. The van der Waals surface area contributed by atoms with Crippen LogP contribution in [-0.4, -0.2) is 19.1 Å². The molecule has 66 heavy (non-hydrogen) atoms. The quantitative estimate of drug-likeness (QED) is 0.120. The minimum absolute atomic E-state index is 0.0517. The predicted molar refractivity (Wildman–Crippen MR) is 285 cm³/mol. The van der Waals surface area contributed by atoms with Gasteiger partial charge in [0.15, 0.2) is 0 Å². The topological polar surface area (TPSA) is 4.93 Å². The molecule has 1 nitrogen and oxygen atoms in total. The van der Waals surface area contributed by atoms with Crippen molar-refractivity contribution >= 4 is 98.7 Å². The summed E-state index contributed by atoms with van der Waals surface area (Å²) in [6, 6.07) is 72.7. The molecule has 0 unspecified atom stereocenters. The maximum absolute atomic E-state index is 9.04. The number of benzene rings is 12. The third kappa shape index (κ3) is 5.53. The summed E-state index contributed by atoms with van der Waals surface area (Å²) in [7, 11) is 0. The third-order valence-corrected chi connectivity index (χ3v) is 16.2. The first kappa shape index (κ1) is 32.6. The van der Waals surface area contributed by atoms with Crippen molar-refractivity contribution in [1.82, 2.24) is 4.57 Å². The van der Waals surface area contributed by atoms with E-state index in [1.165, 1.54) is 84.9 Å². The summed E-state index contributed by atoms with van der Waals surface area (Å²) in [5.41, 5.74) is 11.4. The number of para-hydroxylation sites is 2. The van der Waals surface area contributed by atoms with Gasteiger partial charge in [0.1, 0.15) is 0 Å².